The van der Waals surface area contributed by atoms with Gasteiger partial charge < -0.3 is 37.6 Å². The molecule has 3 rings (SSSR count). The number of nitrogens with zero attached hydrogens (tertiary/aromatic N) is 3. The normalized spacial score (nSPS) is 23.3. The molecule has 0 aromatic carbocycles. The lowest BCUT2D eigenvalue weighted by Gasteiger charge is -2.31. The Morgan fingerprint density at radius 3 is 2.08 bits per heavy atom. The zero-order valence-corrected chi connectivity index (χ0v) is 21.8. The zero-order valence-electron chi connectivity index (χ0n) is 21.8. The summed E-state index contributed by atoms with van der Waals surface area (Å²) in [6.45, 7) is 1.07. The molecular weight excluding hydrogens is 476 g/mol. The second kappa shape index (κ2) is 14.2. The third-order valence-corrected chi connectivity index (χ3v) is 7.65. The molecule has 12 nitrogen and oxygen atoms in total. The quantitative estimate of drug-likeness (QED) is 0.109. The molecule has 12 heteroatoms. The third kappa shape index (κ3) is 8.05. The van der Waals surface area contributed by atoms with Crippen molar-refractivity contribution < 1.29 is 19.2 Å². The van der Waals surface area contributed by atoms with Gasteiger partial charge in [-0.3, -0.25) is 24.2 Å². The molecule has 3 aliphatic rings. The molecule has 2 saturated heterocycles. The van der Waals surface area contributed by atoms with E-state index in [-0.39, 0.29) is 42.2 Å². The lowest BCUT2D eigenvalue weighted by atomic mass is 10.1. The number of carbonyl (C=O) groups excluding carboxylic acids is 4. The van der Waals surface area contributed by atoms with Gasteiger partial charge in [-0.15, -0.1) is 0 Å². The summed E-state index contributed by atoms with van der Waals surface area (Å²) in [7, 11) is 0. The second-order valence-electron chi connectivity index (χ2n) is 10.3. The number of hydrogen-bond donors (Lipinski definition) is 5. The summed E-state index contributed by atoms with van der Waals surface area (Å²) in [5.41, 5.74) is 16.4. The van der Waals surface area contributed by atoms with Crippen molar-refractivity contribution in [2.45, 2.75) is 101 Å². The van der Waals surface area contributed by atoms with Gasteiger partial charge in [0.05, 0.1) is 6.54 Å². The van der Waals surface area contributed by atoms with Crippen LogP contribution in [0.5, 0.6) is 0 Å². The number of hydrogen-bond acceptors (Lipinski definition) is 6. The van der Waals surface area contributed by atoms with E-state index in [0.29, 0.717) is 51.7 Å². The van der Waals surface area contributed by atoms with E-state index in [1.807, 2.05) is 0 Å². The van der Waals surface area contributed by atoms with Gasteiger partial charge in [0.15, 0.2) is 5.96 Å². The Bertz CT molecular complexity index is 839. The van der Waals surface area contributed by atoms with Crippen LogP contribution in [0.25, 0.3) is 0 Å². The molecule has 0 bridgehead atoms. The standard InChI is InChI=1S/C25H44N8O4/c26-16-21(34)32-14-6-11-19(32)23(36)31-18(10-5-13-29-25(27)28)24(37)33-15-7-12-20(33)22(35)30-17-8-3-1-2-4-9-17/h17-20H,1-16,26H2,(H,30,35)(H,31,36)(H4,27,28,29)/t18-,19-,20-/m0/s1. The molecule has 1 saturated carbocycles. The summed E-state index contributed by atoms with van der Waals surface area (Å²) in [5, 5.41) is 6.05. The van der Waals surface area contributed by atoms with Crippen molar-refractivity contribution in [2.24, 2.45) is 22.2 Å². The summed E-state index contributed by atoms with van der Waals surface area (Å²) in [5.74, 6) is -1.10. The zero-order chi connectivity index (χ0) is 26.8. The summed E-state index contributed by atoms with van der Waals surface area (Å²) in [4.78, 5) is 59.3. The Balaban J connectivity index is 1.68. The maximum atomic E-state index is 13.7. The molecule has 0 spiro atoms. The van der Waals surface area contributed by atoms with E-state index in [1.54, 1.807) is 4.90 Å². The van der Waals surface area contributed by atoms with Crippen LogP contribution in [-0.4, -0.2) is 89.7 Å². The van der Waals surface area contributed by atoms with Crippen LogP contribution in [-0.2, 0) is 19.2 Å². The van der Waals surface area contributed by atoms with E-state index >= 15 is 0 Å². The predicted molar refractivity (Wildman–Crippen MR) is 140 cm³/mol. The fraction of sp³-hybridized carbons (Fsp3) is 0.800. The van der Waals surface area contributed by atoms with Crippen molar-refractivity contribution in [1.29, 1.82) is 0 Å². The highest BCUT2D eigenvalue weighted by Crippen LogP contribution is 2.23. The van der Waals surface area contributed by atoms with Crippen molar-refractivity contribution in [3.05, 3.63) is 0 Å². The SMILES string of the molecule is NCC(=O)N1CCC[C@H]1C(=O)N[C@@H](CCCN=C(N)N)C(=O)N1CCC[C@H]1C(=O)NC1CCCCCC1. The molecule has 0 aromatic rings. The molecule has 37 heavy (non-hydrogen) atoms. The average molecular weight is 521 g/mol. The highest BCUT2D eigenvalue weighted by molar-refractivity contribution is 5.95. The smallest absolute Gasteiger partial charge is 0.245 e. The van der Waals surface area contributed by atoms with E-state index in [0.717, 1.165) is 32.1 Å². The molecular formula is C25H44N8O4. The van der Waals surface area contributed by atoms with E-state index < -0.39 is 18.1 Å². The Labute approximate surface area is 219 Å². The number of nitrogens with two attached hydrogens (primary N) is 3. The minimum Gasteiger partial charge on any atom is -0.370 e. The molecule has 2 heterocycles. The maximum absolute atomic E-state index is 13.7. The van der Waals surface area contributed by atoms with Crippen LogP contribution in [0.3, 0.4) is 0 Å². The Morgan fingerprint density at radius 1 is 0.838 bits per heavy atom. The number of rotatable bonds is 10. The number of carbonyl (C=O) groups is 4. The fourth-order valence-electron chi connectivity index (χ4n) is 5.71. The Hall–Kier alpha value is -2.89. The Kier molecular flexibility index (Phi) is 11.0. The van der Waals surface area contributed by atoms with Gasteiger partial charge in [0.2, 0.25) is 23.6 Å². The number of amides is 4. The highest BCUT2D eigenvalue weighted by atomic mass is 16.2. The van der Waals surface area contributed by atoms with Crippen LogP contribution in [0.2, 0.25) is 0 Å². The van der Waals surface area contributed by atoms with Crippen LogP contribution in [0.1, 0.15) is 77.0 Å². The Morgan fingerprint density at radius 2 is 1.46 bits per heavy atom. The van der Waals surface area contributed by atoms with E-state index in [9.17, 15) is 19.2 Å². The lowest BCUT2D eigenvalue weighted by Crippen LogP contribution is -2.57. The lowest BCUT2D eigenvalue weighted by molar-refractivity contribution is -0.143. The number of guanidine groups is 1. The van der Waals surface area contributed by atoms with E-state index in [2.05, 4.69) is 15.6 Å². The number of likely N-dealkylation sites (tertiary alicyclic amines) is 2. The van der Waals surface area contributed by atoms with Crippen molar-refractivity contribution >= 4 is 29.6 Å². The van der Waals surface area contributed by atoms with Gasteiger partial charge in [0.25, 0.3) is 0 Å². The summed E-state index contributed by atoms with van der Waals surface area (Å²) >= 11 is 0. The maximum Gasteiger partial charge on any atom is 0.245 e. The van der Waals surface area contributed by atoms with Crippen molar-refractivity contribution in [3.63, 3.8) is 0 Å². The molecule has 0 radical (unpaired) electrons. The summed E-state index contributed by atoms with van der Waals surface area (Å²) in [6, 6.07) is -1.90. The molecule has 4 amide bonds. The monoisotopic (exact) mass is 520 g/mol. The third-order valence-electron chi connectivity index (χ3n) is 7.65. The molecule has 1 aliphatic carbocycles. The van der Waals surface area contributed by atoms with Crippen LogP contribution in [0.15, 0.2) is 4.99 Å². The number of aliphatic imine (C=N–C) groups is 1. The van der Waals surface area contributed by atoms with Gasteiger partial charge in [0.1, 0.15) is 18.1 Å². The largest absolute Gasteiger partial charge is 0.370 e. The molecule has 0 aromatic heterocycles. The van der Waals surface area contributed by atoms with Gasteiger partial charge in [-0.25, -0.2) is 0 Å². The summed E-state index contributed by atoms with van der Waals surface area (Å²) in [6.07, 6.45) is 9.85. The fourth-order valence-corrected chi connectivity index (χ4v) is 5.71. The first kappa shape index (κ1) is 28.7. The minimum absolute atomic E-state index is 0.0383. The van der Waals surface area contributed by atoms with Crippen LogP contribution in [0, 0.1) is 0 Å². The topological polar surface area (TPSA) is 189 Å². The molecule has 8 N–H and O–H groups in total. The number of nitrogens with one attached hydrogen (secondary N) is 2. The predicted octanol–water partition coefficient (Wildman–Crippen LogP) is -0.695. The first-order chi connectivity index (χ1) is 17.8. The van der Waals surface area contributed by atoms with Crippen molar-refractivity contribution in [2.75, 3.05) is 26.2 Å². The highest BCUT2D eigenvalue weighted by Gasteiger charge is 2.40. The minimum atomic E-state index is -0.844. The van der Waals surface area contributed by atoms with Crippen LogP contribution < -0.4 is 27.8 Å². The first-order valence-corrected chi connectivity index (χ1v) is 13.8. The van der Waals surface area contributed by atoms with E-state index in [1.165, 1.54) is 17.7 Å². The van der Waals surface area contributed by atoms with Crippen molar-refractivity contribution in [3.8, 4) is 0 Å². The average Bonchev–Trinajstić information content (AvgIpc) is 3.50. The van der Waals surface area contributed by atoms with Gasteiger partial charge in [-0.05, 0) is 51.4 Å². The molecule has 3 fully saturated rings. The summed E-state index contributed by atoms with van der Waals surface area (Å²) < 4.78 is 0. The second-order valence-corrected chi connectivity index (χ2v) is 10.3. The van der Waals surface area contributed by atoms with E-state index in [4.69, 9.17) is 17.2 Å². The first-order valence-electron chi connectivity index (χ1n) is 13.8. The van der Waals surface area contributed by atoms with Gasteiger partial charge in [-0.2, -0.15) is 0 Å². The van der Waals surface area contributed by atoms with Crippen LogP contribution >= 0.6 is 0 Å². The molecule has 2 aliphatic heterocycles. The van der Waals surface area contributed by atoms with Gasteiger partial charge >= 0.3 is 0 Å². The molecule has 208 valence electrons. The van der Waals surface area contributed by atoms with Crippen molar-refractivity contribution in [1.82, 2.24) is 20.4 Å². The molecule has 3 atom stereocenters. The van der Waals surface area contributed by atoms with Gasteiger partial charge in [-0.1, -0.05) is 25.7 Å². The van der Waals surface area contributed by atoms with Crippen LogP contribution in [0.4, 0.5) is 0 Å². The van der Waals surface area contributed by atoms with Gasteiger partial charge in [0, 0.05) is 25.7 Å². The molecule has 0 unspecified atom stereocenters.